The van der Waals surface area contributed by atoms with Crippen molar-refractivity contribution >= 4 is 0 Å². The summed E-state index contributed by atoms with van der Waals surface area (Å²) in [4.78, 5) is 8.37. The minimum atomic E-state index is 0. The van der Waals surface area contributed by atoms with Crippen LogP contribution in [-0.2, 0) is 16.5 Å². The molecule has 4 aliphatic carbocycles. The summed E-state index contributed by atoms with van der Waals surface area (Å²) in [7, 11) is 0. The summed E-state index contributed by atoms with van der Waals surface area (Å²) in [5, 5.41) is 0. The minimum Gasteiger partial charge on any atom is -0.320 e. The third-order valence-corrected chi connectivity index (χ3v) is 6.26. The number of rotatable bonds is 2. The van der Waals surface area contributed by atoms with E-state index in [0.29, 0.717) is 0 Å². The molecule has 6 atom stereocenters. The Morgan fingerprint density at radius 1 is 0.667 bits per heavy atom. The van der Waals surface area contributed by atoms with E-state index in [1.807, 2.05) is 36.4 Å². The summed E-state index contributed by atoms with van der Waals surface area (Å²) < 4.78 is 0. The SMILES string of the molecule is C1=C[C@@H]2C[C@H]1[CH-][C@H]2[C@@H]1[CH-][C@@H]2C=C[C@H]1C2.[Ni+2].c1ccc(-c2ccccn2)nc1. The fourth-order valence-corrected chi connectivity index (χ4v) is 5.08. The first kappa shape index (κ1) is 18.6. The quantitative estimate of drug-likeness (QED) is 0.395. The van der Waals surface area contributed by atoms with Crippen molar-refractivity contribution in [1.29, 1.82) is 0 Å². The molecule has 0 saturated heterocycles. The van der Waals surface area contributed by atoms with Gasteiger partial charge in [-0.05, 0) is 24.3 Å². The molecular formula is C24H24N2Ni. The van der Waals surface area contributed by atoms with Crippen LogP contribution in [0.1, 0.15) is 12.8 Å². The molecule has 0 amide bonds. The summed E-state index contributed by atoms with van der Waals surface area (Å²) in [6.07, 6.45) is 21.4. The van der Waals surface area contributed by atoms with Gasteiger partial charge in [-0.25, -0.2) is 0 Å². The van der Waals surface area contributed by atoms with Gasteiger partial charge >= 0.3 is 16.5 Å². The first-order valence-electron chi connectivity index (χ1n) is 9.76. The molecular weight excluding hydrogens is 375 g/mol. The molecule has 0 aromatic carbocycles. The molecule has 4 aliphatic rings. The van der Waals surface area contributed by atoms with E-state index in [9.17, 15) is 0 Å². The molecule has 2 aromatic heterocycles. The number of nitrogens with zero attached hydrogens (tertiary/aromatic N) is 2. The summed E-state index contributed by atoms with van der Waals surface area (Å²) in [6.45, 7) is 0. The van der Waals surface area contributed by atoms with Gasteiger partial charge in [0.15, 0.2) is 0 Å². The Balaban J connectivity index is 0.000000130. The number of allylic oxidation sites excluding steroid dienone is 4. The van der Waals surface area contributed by atoms with E-state index in [-0.39, 0.29) is 16.5 Å². The zero-order valence-electron chi connectivity index (χ0n) is 15.2. The molecule has 2 heterocycles. The average molecular weight is 399 g/mol. The van der Waals surface area contributed by atoms with Crippen molar-refractivity contribution in [2.45, 2.75) is 12.8 Å². The van der Waals surface area contributed by atoms with E-state index in [1.54, 1.807) is 12.4 Å². The van der Waals surface area contributed by atoms with Gasteiger partial charge in [-0.1, -0.05) is 49.0 Å². The molecule has 140 valence electrons. The first-order chi connectivity index (χ1) is 12.9. The summed E-state index contributed by atoms with van der Waals surface area (Å²) in [5.41, 5.74) is 1.83. The van der Waals surface area contributed by atoms with E-state index in [0.717, 1.165) is 46.9 Å². The molecule has 0 unspecified atom stereocenters. The molecule has 3 heteroatoms. The van der Waals surface area contributed by atoms with Gasteiger partial charge in [0, 0.05) is 12.4 Å². The fraction of sp³-hybridized carbons (Fsp3) is 0.333. The summed E-state index contributed by atoms with van der Waals surface area (Å²) in [5.74, 6) is 5.17. The number of pyridine rings is 2. The number of fused-ring (bicyclic) bond motifs is 4. The predicted molar refractivity (Wildman–Crippen MR) is 105 cm³/mol. The van der Waals surface area contributed by atoms with Gasteiger partial charge in [-0.3, -0.25) is 9.97 Å². The summed E-state index contributed by atoms with van der Waals surface area (Å²) in [6, 6.07) is 11.6. The van der Waals surface area contributed by atoms with Crippen LogP contribution in [0.25, 0.3) is 11.4 Å². The van der Waals surface area contributed by atoms with Crippen LogP contribution in [0.5, 0.6) is 0 Å². The molecule has 2 saturated carbocycles. The van der Waals surface area contributed by atoms with Crippen molar-refractivity contribution in [3.8, 4) is 11.4 Å². The molecule has 27 heavy (non-hydrogen) atoms. The van der Waals surface area contributed by atoms with Gasteiger partial charge in [-0.2, -0.15) is 11.8 Å². The van der Waals surface area contributed by atoms with Gasteiger partial charge in [0.1, 0.15) is 0 Å². The topological polar surface area (TPSA) is 25.8 Å². The van der Waals surface area contributed by atoms with Crippen molar-refractivity contribution in [2.24, 2.45) is 35.5 Å². The van der Waals surface area contributed by atoms with E-state index in [1.165, 1.54) is 12.8 Å². The zero-order valence-corrected chi connectivity index (χ0v) is 16.2. The third-order valence-electron chi connectivity index (χ3n) is 6.26. The maximum atomic E-state index is 4.19. The second-order valence-corrected chi connectivity index (χ2v) is 7.87. The van der Waals surface area contributed by atoms with Gasteiger partial charge in [0.05, 0.1) is 11.4 Å². The van der Waals surface area contributed by atoms with Crippen LogP contribution in [-0.4, -0.2) is 9.97 Å². The maximum absolute atomic E-state index is 4.19. The van der Waals surface area contributed by atoms with Crippen LogP contribution in [0.4, 0.5) is 0 Å². The number of hydrogen-bond acceptors (Lipinski definition) is 2. The number of aromatic nitrogens is 2. The average Bonchev–Trinajstić information content (AvgIpc) is 3.51. The molecule has 4 bridgehead atoms. The Bertz CT molecular complexity index is 732. The van der Waals surface area contributed by atoms with Crippen LogP contribution in [0.15, 0.2) is 73.1 Å². The Morgan fingerprint density at radius 3 is 1.44 bits per heavy atom. The maximum Gasteiger partial charge on any atom is 2.00 e. The largest absolute Gasteiger partial charge is 2.00 e. The molecule has 0 N–H and O–H groups in total. The van der Waals surface area contributed by atoms with E-state index in [2.05, 4.69) is 47.1 Å². The smallest absolute Gasteiger partial charge is 0.320 e. The monoisotopic (exact) mass is 398 g/mol. The number of hydrogen-bond donors (Lipinski definition) is 0. The second-order valence-electron chi connectivity index (χ2n) is 7.87. The minimum absolute atomic E-state index is 0. The van der Waals surface area contributed by atoms with Crippen LogP contribution >= 0.6 is 0 Å². The van der Waals surface area contributed by atoms with E-state index < -0.39 is 0 Å². The second kappa shape index (κ2) is 8.11. The standard InChI is InChI=1S/C14H16.C10H8N2.Ni/c1-3-11-5-9(1)7-13(11)14-8-10-2-4-12(14)6-10;1-3-7-11-9(5-1)10-6-2-4-8-12-10;/h1-4,7-14H,5-6H2;1-8H;/q-2;;+2/t9-,10+,11+,12-,13-,14-;;/m1../s1. The Morgan fingerprint density at radius 2 is 1.15 bits per heavy atom. The van der Waals surface area contributed by atoms with Crippen molar-refractivity contribution in [3.05, 3.63) is 85.9 Å². The van der Waals surface area contributed by atoms with Crippen molar-refractivity contribution in [3.63, 3.8) is 0 Å². The van der Waals surface area contributed by atoms with Gasteiger partial charge in [-0.15, -0.1) is 24.0 Å². The van der Waals surface area contributed by atoms with Crippen LogP contribution in [0.3, 0.4) is 0 Å². The van der Waals surface area contributed by atoms with Crippen molar-refractivity contribution in [2.75, 3.05) is 0 Å². The molecule has 2 fully saturated rings. The Hall–Kier alpha value is -1.73. The third kappa shape index (κ3) is 3.80. The Labute approximate surface area is 172 Å². The van der Waals surface area contributed by atoms with Crippen LogP contribution < -0.4 is 0 Å². The van der Waals surface area contributed by atoms with Gasteiger partial charge in [0.2, 0.25) is 0 Å². The van der Waals surface area contributed by atoms with Crippen molar-refractivity contribution in [1.82, 2.24) is 9.97 Å². The van der Waals surface area contributed by atoms with Crippen LogP contribution in [0, 0.1) is 48.3 Å². The molecule has 0 aliphatic heterocycles. The van der Waals surface area contributed by atoms with E-state index in [4.69, 9.17) is 0 Å². The molecule has 2 nitrogen and oxygen atoms in total. The summed E-state index contributed by atoms with van der Waals surface area (Å²) >= 11 is 0. The first-order valence-corrected chi connectivity index (χ1v) is 9.76. The Kier molecular flexibility index (Phi) is 5.59. The normalized spacial score (nSPS) is 34.2. The fourth-order valence-electron chi connectivity index (χ4n) is 5.08. The van der Waals surface area contributed by atoms with Gasteiger partial charge < -0.3 is 12.8 Å². The molecule has 0 radical (unpaired) electrons. The van der Waals surface area contributed by atoms with Gasteiger partial charge in [0.25, 0.3) is 0 Å². The van der Waals surface area contributed by atoms with Crippen LogP contribution in [0.2, 0.25) is 0 Å². The molecule has 6 rings (SSSR count). The molecule has 2 aromatic rings. The zero-order chi connectivity index (χ0) is 17.3. The predicted octanol–water partition coefficient (Wildman–Crippen LogP) is 5.18. The van der Waals surface area contributed by atoms with Crippen molar-refractivity contribution < 1.29 is 16.5 Å². The molecule has 0 spiro atoms. The van der Waals surface area contributed by atoms with E-state index >= 15 is 0 Å².